The van der Waals surface area contributed by atoms with Crippen molar-refractivity contribution in [1.29, 1.82) is 0 Å². The van der Waals surface area contributed by atoms with Crippen molar-refractivity contribution in [2.45, 2.75) is 6.04 Å². The van der Waals surface area contributed by atoms with Crippen molar-refractivity contribution in [3.8, 4) is 0 Å². The first-order chi connectivity index (χ1) is 7.99. The van der Waals surface area contributed by atoms with Crippen molar-refractivity contribution in [3.63, 3.8) is 0 Å². The summed E-state index contributed by atoms with van der Waals surface area (Å²) in [6, 6.07) is 5.79. The summed E-state index contributed by atoms with van der Waals surface area (Å²) in [4.78, 5) is 0. The fourth-order valence-corrected chi connectivity index (χ4v) is 4.70. The lowest BCUT2D eigenvalue weighted by molar-refractivity contribution is 0.626. The van der Waals surface area contributed by atoms with Crippen LogP contribution in [0.5, 0.6) is 0 Å². The van der Waals surface area contributed by atoms with Crippen LogP contribution in [0.4, 0.5) is 4.39 Å². The Morgan fingerprint density at radius 2 is 1.94 bits per heavy atom. The average Bonchev–Trinajstić information content (AvgIpc) is 2.57. The molecular weight excluding hydrogens is 392 g/mol. The van der Waals surface area contributed by atoms with E-state index in [1.165, 1.54) is 23.5 Å². The number of nitrogens with two attached hydrogens (primary N) is 1. The minimum absolute atomic E-state index is 0.340. The van der Waals surface area contributed by atoms with E-state index in [-0.39, 0.29) is 11.9 Å². The Labute approximate surface area is 124 Å². The molecular formula is C11H7Br2ClFNS. The van der Waals surface area contributed by atoms with Crippen molar-refractivity contribution in [3.05, 3.63) is 53.8 Å². The van der Waals surface area contributed by atoms with Crippen molar-refractivity contribution < 1.29 is 4.39 Å². The molecule has 0 aliphatic carbocycles. The number of benzene rings is 1. The predicted octanol–water partition coefficient (Wildman–Crippen LogP) is 5.11. The Morgan fingerprint density at radius 1 is 1.24 bits per heavy atom. The van der Waals surface area contributed by atoms with Gasteiger partial charge in [-0.25, -0.2) is 4.39 Å². The monoisotopic (exact) mass is 397 g/mol. The highest BCUT2D eigenvalue weighted by Crippen LogP contribution is 2.38. The lowest BCUT2D eigenvalue weighted by Crippen LogP contribution is -2.12. The van der Waals surface area contributed by atoms with Gasteiger partial charge >= 0.3 is 0 Å². The molecule has 2 rings (SSSR count). The average molecular weight is 400 g/mol. The Bertz CT molecular complexity index is 558. The molecule has 0 spiro atoms. The first kappa shape index (κ1) is 13.5. The lowest BCUT2D eigenvalue weighted by atomic mass is 10.0. The van der Waals surface area contributed by atoms with Gasteiger partial charge in [-0.15, -0.1) is 11.3 Å². The molecule has 90 valence electrons. The second-order valence-corrected chi connectivity index (χ2v) is 7.58. The van der Waals surface area contributed by atoms with Crippen LogP contribution in [0, 0.1) is 5.82 Å². The molecule has 1 nitrogen and oxygen atoms in total. The van der Waals surface area contributed by atoms with Crippen LogP contribution < -0.4 is 5.73 Å². The molecule has 0 fully saturated rings. The summed E-state index contributed by atoms with van der Waals surface area (Å²) in [5.74, 6) is -0.364. The van der Waals surface area contributed by atoms with Gasteiger partial charge in [0.05, 0.1) is 13.6 Å². The second kappa shape index (κ2) is 5.36. The third-order valence-electron chi connectivity index (χ3n) is 2.32. The van der Waals surface area contributed by atoms with E-state index in [4.69, 9.17) is 17.3 Å². The van der Waals surface area contributed by atoms with Gasteiger partial charge in [0.1, 0.15) is 5.82 Å². The van der Waals surface area contributed by atoms with E-state index in [0.717, 1.165) is 13.1 Å². The zero-order valence-electron chi connectivity index (χ0n) is 8.38. The summed E-state index contributed by atoms with van der Waals surface area (Å²) >= 11 is 14.4. The van der Waals surface area contributed by atoms with Gasteiger partial charge in [-0.05, 0) is 61.2 Å². The van der Waals surface area contributed by atoms with Crippen LogP contribution in [0.3, 0.4) is 0 Å². The normalized spacial score (nSPS) is 12.8. The molecule has 1 aromatic carbocycles. The molecule has 0 bridgehead atoms. The van der Waals surface area contributed by atoms with Crippen LogP contribution in [0.15, 0.2) is 31.8 Å². The topological polar surface area (TPSA) is 26.0 Å². The highest BCUT2D eigenvalue weighted by Gasteiger charge is 2.17. The zero-order valence-corrected chi connectivity index (χ0v) is 13.1. The lowest BCUT2D eigenvalue weighted by Gasteiger charge is -2.13. The Balaban J connectivity index is 2.43. The summed E-state index contributed by atoms with van der Waals surface area (Å²) in [6.07, 6.45) is 0. The zero-order chi connectivity index (χ0) is 12.6. The van der Waals surface area contributed by atoms with Crippen LogP contribution in [0.25, 0.3) is 0 Å². The highest BCUT2D eigenvalue weighted by atomic mass is 79.9. The molecule has 1 aromatic heterocycles. The van der Waals surface area contributed by atoms with Crippen LogP contribution in [0.2, 0.25) is 5.02 Å². The van der Waals surface area contributed by atoms with Crippen molar-refractivity contribution in [2.75, 3.05) is 0 Å². The molecule has 1 heterocycles. The molecule has 2 N–H and O–H groups in total. The first-order valence-corrected chi connectivity index (χ1v) is 7.42. The largest absolute Gasteiger partial charge is 0.320 e. The van der Waals surface area contributed by atoms with Gasteiger partial charge in [-0.2, -0.15) is 0 Å². The predicted molar refractivity (Wildman–Crippen MR) is 77.2 cm³/mol. The van der Waals surface area contributed by atoms with Crippen molar-refractivity contribution in [1.82, 2.24) is 0 Å². The Morgan fingerprint density at radius 3 is 2.47 bits per heavy atom. The third-order valence-corrected chi connectivity index (χ3v) is 5.03. The van der Waals surface area contributed by atoms with Gasteiger partial charge in [0, 0.05) is 5.02 Å². The van der Waals surface area contributed by atoms with Crippen LogP contribution in [0.1, 0.15) is 17.2 Å². The minimum Gasteiger partial charge on any atom is -0.320 e. The molecule has 1 atom stereocenters. The number of halogens is 4. The maximum atomic E-state index is 13.0. The first-order valence-electron chi connectivity index (χ1n) is 4.64. The number of hydrogen-bond donors (Lipinski definition) is 1. The standard InChI is InChI=1S/C11H7Br2ClFNS/c12-9-4-7(11(13)17-9)10(16)6-2-1-5(15)3-8(6)14/h1-4,10H,16H2. The summed E-state index contributed by atoms with van der Waals surface area (Å²) in [5, 5.41) is 0.340. The molecule has 1 unspecified atom stereocenters. The third kappa shape index (κ3) is 2.90. The van der Waals surface area contributed by atoms with E-state index >= 15 is 0 Å². The molecule has 0 saturated heterocycles. The highest BCUT2D eigenvalue weighted by molar-refractivity contribution is 9.12. The van der Waals surface area contributed by atoms with Crippen molar-refractivity contribution in [2.24, 2.45) is 5.73 Å². The quantitative estimate of drug-likeness (QED) is 0.746. The Hall–Kier alpha value is 0.0600. The number of thiophene rings is 1. The smallest absolute Gasteiger partial charge is 0.124 e. The van der Waals surface area contributed by atoms with E-state index < -0.39 is 0 Å². The molecule has 0 radical (unpaired) electrons. The summed E-state index contributed by atoms with van der Waals surface area (Å²) in [6.45, 7) is 0. The molecule has 0 amide bonds. The molecule has 0 aliphatic rings. The van der Waals surface area contributed by atoms with Crippen molar-refractivity contribution >= 4 is 54.8 Å². The molecule has 0 saturated carbocycles. The number of rotatable bonds is 2. The molecule has 2 aromatic rings. The van der Waals surface area contributed by atoms with Crippen LogP contribution in [-0.2, 0) is 0 Å². The molecule has 0 aliphatic heterocycles. The maximum Gasteiger partial charge on any atom is 0.124 e. The van der Waals surface area contributed by atoms with Crippen LogP contribution in [-0.4, -0.2) is 0 Å². The summed E-state index contributed by atoms with van der Waals surface area (Å²) < 4.78 is 14.9. The number of hydrogen-bond acceptors (Lipinski definition) is 2. The van der Waals surface area contributed by atoms with Crippen LogP contribution >= 0.6 is 54.8 Å². The van der Waals surface area contributed by atoms with E-state index in [0.29, 0.717) is 10.6 Å². The molecule has 6 heteroatoms. The van der Waals surface area contributed by atoms with Gasteiger partial charge in [0.2, 0.25) is 0 Å². The fraction of sp³-hybridized carbons (Fsp3) is 0.0909. The second-order valence-electron chi connectivity index (χ2n) is 3.42. The summed E-state index contributed by atoms with van der Waals surface area (Å²) in [5.41, 5.74) is 7.76. The minimum atomic E-state index is -0.375. The van der Waals surface area contributed by atoms with Gasteiger partial charge in [-0.3, -0.25) is 0 Å². The van der Waals surface area contributed by atoms with Gasteiger partial charge < -0.3 is 5.73 Å². The fourth-order valence-electron chi connectivity index (χ4n) is 1.49. The van der Waals surface area contributed by atoms with Gasteiger partial charge in [0.25, 0.3) is 0 Å². The van der Waals surface area contributed by atoms with E-state index in [9.17, 15) is 4.39 Å². The summed E-state index contributed by atoms with van der Waals surface area (Å²) in [7, 11) is 0. The SMILES string of the molecule is NC(c1ccc(F)cc1Cl)c1cc(Br)sc1Br. The van der Waals surface area contributed by atoms with Gasteiger partial charge in [-0.1, -0.05) is 17.7 Å². The van der Waals surface area contributed by atoms with Gasteiger partial charge in [0.15, 0.2) is 0 Å². The van der Waals surface area contributed by atoms with E-state index in [2.05, 4.69) is 31.9 Å². The molecule has 17 heavy (non-hydrogen) atoms. The van der Waals surface area contributed by atoms with E-state index in [1.54, 1.807) is 6.07 Å². The maximum absolute atomic E-state index is 13.0. The van der Waals surface area contributed by atoms with E-state index in [1.807, 2.05) is 6.07 Å². The Kier molecular flexibility index (Phi) is 4.26.